The van der Waals surface area contributed by atoms with Gasteiger partial charge in [-0.1, -0.05) is 18.2 Å². The van der Waals surface area contributed by atoms with Crippen molar-refractivity contribution in [1.82, 2.24) is 4.90 Å². The highest BCUT2D eigenvalue weighted by molar-refractivity contribution is 5.83. The standard InChI is InChI=1S/C18H24N2O3/c1-13-11-15-5-3-4-6-16(15)20(13)12-17(21)19-9-7-14(8-10-19)18(22)23-2/h3-6,13-14H,7-12H2,1-2H3/t13-/m0/s1. The molecule has 2 aliphatic heterocycles. The molecule has 0 bridgehead atoms. The molecule has 0 spiro atoms. The summed E-state index contributed by atoms with van der Waals surface area (Å²) in [5.74, 6) is -0.0634. The van der Waals surface area contributed by atoms with Crippen LogP contribution in [0.1, 0.15) is 25.3 Å². The summed E-state index contributed by atoms with van der Waals surface area (Å²) in [6, 6.07) is 8.65. The van der Waals surface area contributed by atoms with E-state index in [0.29, 0.717) is 38.5 Å². The Labute approximate surface area is 137 Å². The molecule has 0 radical (unpaired) electrons. The zero-order valence-corrected chi connectivity index (χ0v) is 13.8. The number of hydrogen-bond acceptors (Lipinski definition) is 4. The lowest BCUT2D eigenvalue weighted by molar-refractivity contribution is -0.148. The molecule has 124 valence electrons. The number of rotatable bonds is 3. The van der Waals surface area contributed by atoms with Crippen LogP contribution >= 0.6 is 0 Å². The number of esters is 1. The van der Waals surface area contributed by atoms with Crippen LogP contribution in [0, 0.1) is 5.92 Å². The predicted octanol–water partition coefficient (Wildman–Crippen LogP) is 1.85. The number of carbonyl (C=O) groups excluding carboxylic acids is 2. The first-order valence-electron chi connectivity index (χ1n) is 8.30. The second kappa shape index (κ2) is 6.60. The van der Waals surface area contributed by atoms with Gasteiger partial charge in [-0.2, -0.15) is 0 Å². The molecule has 23 heavy (non-hydrogen) atoms. The highest BCUT2D eigenvalue weighted by atomic mass is 16.5. The number of para-hydroxylation sites is 1. The molecule has 0 aromatic heterocycles. The quantitative estimate of drug-likeness (QED) is 0.799. The molecular formula is C18H24N2O3. The van der Waals surface area contributed by atoms with Crippen molar-refractivity contribution in [3.05, 3.63) is 29.8 Å². The largest absolute Gasteiger partial charge is 0.469 e. The number of carbonyl (C=O) groups is 2. The lowest BCUT2D eigenvalue weighted by Gasteiger charge is -2.33. The smallest absolute Gasteiger partial charge is 0.308 e. The van der Waals surface area contributed by atoms with Gasteiger partial charge in [0.2, 0.25) is 5.91 Å². The van der Waals surface area contributed by atoms with Crippen LogP contribution in [0.2, 0.25) is 0 Å². The van der Waals surface area contributed by atoms with Gasteiger partial charge in [-0.15, -0.1) is 0 Å². The molecule has 0 unspecified atom stereocenters. The molecule has 5 heteroatoms. The molecule has 0 aliphatic carbocycles. The van der Waals surface area contributed by atoms with Crippen LogP contribution in [0.15, 0.2) is 24.3 Å². The van der Waals surface area contributed by atoms with E-state index in [4.69, 9.17) is 4.74 Å². The van der Waals surface area contributed by atoms with Crippen molar-refractivity contribution >= 4 is 17.6 Å². The van der Waals surface area contributed by atoms with E-state index in [0.717, 1.165) is 6.42 Å². The molecule has 2 aliphatic rings. The van der Waals surface area contributed by atoms with Gasteiger partial charge < -0.3 is 14.5 Å². The minimum atomic E-state index is -0.154. The van der Waals surface area contributed by atoms with E-state index < -0.39 is 0 Å². The van der Waals surface area contributed by atoms with Gasteiger partial charge in [0.05, 0.1) is 19.6 Å². The lowest BCUT2D eigenvalue weighted by Crippen LogP contribution is -2.46. The Hall–Kier alpha value is -2.04. The third-order valence-corrected chi connectivity index (χ3v) is 5.04. The Bertz CT molecular complexity index is 594. The molecule has 1 atom stereocenters. The van der Waals surface area contributed by atoms with Crippen LogP contribution in [0.4, 0.5) is 5.69 Å². The van der Waals surface area contributed by atoms with Crippen molar-refractivity contribution in [2.75, 3.05) is 31.6 Å². The number of piperidine rings is 1. The van der Waals surface area contributed by atoms with Crippen molar-refractivity contribution in [2.24, 2.45) is 5.92 Å². The molecule has 1 saturated heterocycles. The minimum Gasteiger partial charge on any atom is -0.469 e. The van der Waals surface area contributed by atoms with E-state index in [1.165, 1.54) is 18.4 Å². The molecule has 1 aromatic rings. The molecule has 2 heterocycles. The lowest BCUT2D eigenvalue weighted by atomic mass is 9.97. The van der Waals surface area contributed by atoms with Crippen LogP contribution in [-0.4, -0.2) is 49.6 Å². The summed E-state index contributed by atoms with van der Waals surface area (Å²) >= 11 is 0. The second-order valence-corrected chi connectivity index (χ2v) is 6.49. The molecule has 0 N–H and O–H groups in total. The summed E-state index contributed by atoms with van der Waals surface area (Å²) < 4.78 is 4.80. The fraction of sp³-hybridized carbons (Fsp3) is 0.556. The van der Waals surface area contributed by atoms with E-state index in [2.05, 4.69) is 30.0 Å². The molecular weight excluding hydrogens is 292 g/mol. The van der Waals surface area contributed by atoms with Gasteiger partial charge in [0.15, 0.2) is 0 Å². The maximum Gasteiger partial charge on any atom is 0.308 e. The fourth-order valence-electron chi connectivity index (χ4n) is 3.65. The van der Waals surface area contributed by atoms with Gasteiger partial charge in [-0.3, -0.25) is 9.59 Å². The maximum atomic E-state index is 12.6. The predicted molar refractivity (Wildman–Crippen MR) is 88.3 cm³/mol. The highest BCUT2D eigenvalue weighted by Crippen LogP contribution is 2.31. The topological polar surface area (TPSA) is 49.9 Å². The number of amides is 1. The third kappa shape index (κ3) is 3.19. The number of likely N-dealkylation sites (tertiary alicyclic amines) is 1. The SMILES string of the molecule is COC(=O)C1CCN(C(=O)CN2c3ccccc3C[C@@H]2C)CC1. The summed E-state index contributed by atoms with van der Waals surface area (Å²) in [5.41, 5.74) is 2.50. The van der Waals surface area contributed by atoms with Gasteiger partial charge in [-0.05, 0) is 37.8 Å². The minimum absolute atomic E-state index is 0.0597. The van der Waals surface area contributed by atoms with Crippen molar-refractivity contribution in [3.8, 4) is 0 Å². The molecule has 1 amide bonds. The van der Waals surface area contributed by atoms with Crippen LogP contribution < -0.4 is 4.90 Å². The van der Waals surface area contributed by atoms with Gasteiger partial charge in [-0.25, -0.2) is 0 Å². The third-order valence-electron chi connectivity index (χ3n) is 5.04. The van der Waals surface area contributed by atoms with E-state index in [1.807, 2.05) is 11.0 Å². The first-order chi connectivity index (χ1) is 11.1. The van der Waals surface area contributed by atoms with E-state index in [9.17, 15) is 9.59 Å². The molecule has 1 aromatic carbocycles. The summed E-state index contributed by atoms with van der Waals surface area (Å²) in [6.45, 7) is 3.86. The normalized spacial score (nSPS) is 21.2. The number of ether oxygens (including phenoxy) is 1. The summed E-state index contributed by atoms with van der Waals surface area (Å²) in [6.07, 6.45) is 2.39. The number of hydrogen-bond donors (Lipinski definition) is 0. The van der Waals surface area contributed by atoms with Gasteiger partial charge in [0, 0.05) is 24.8 Å². The average Bonchev–Trinajstić information content (AvgIpc) is 2.90. The number of anilines is 1. The van der Waals surface area contributed by atoms with Crippen molar-refractivity contribution in [3.63, 3.8) is 0 Å². The van der Waals surface area contributed by atoms with Gasteiger partial charge in [0.25, 0.3) is 0 Å². The second-order valence-electron chi connectivity index (χ2n) is 6.49. The Morgan fingerprint density at radius 3 is 2.61 bits per heavy atom. The van der Waals surface area contributed by atoms with Crippen LogP contribution in [0.3, 0.4) is 0 Å². The molecule has 5 nitrogen and oxygen atoms in total. The van der Waals surface area contributed by atoms with E-state index in [1.54, 1.807) is 0 Å². The molecule has 0 saturated carbocycles. The Morgan fingerprint density at radius 2 is 1.91 bits per heavy atom. The fourth-order valence-corrected chi connectivity index (χ4v) is 3.65. The Morgan fingerprint density at radius 1 is 1.22 bits per heavy atom. The van der Waals surface area contributed by atoms with Crippen LogP contribution in [0.5, 0.6) is 0 Å². The number of fused-ring (bicyclic) bond motifs is 1. The van der Waals surface area contributed by atoms with Crippen LogP contribution in [0.25, 0.3) is 0 Å². The summed E-state index contributed by atoms with van der Waals surface area (Å²) in [7, 11) is 1.42. The monoisotopic (exact) mass is 316 g/mol. The van der Waals surface area contributed by atoms with Gasteiger partial charge >= 0.3 is 5.97 Å². The highest BCUT2D eigenvalue weighted by Gasteiger charge is 2.31. The van der Waals surface area contributed by atoms with Crippen molar-refractivity contribution < 1.29 is 14.3 Å². The van der Waals surface area contributed by atoms with E-state index in [-0.39, 0.29) is 17.8 Å². The summed E-state index contributed by atoms with van der Waals surface area (Å²) in [4.78, 5) is 28.3. The van der Waals surface area contributed by atoms with E-state index >= 15 is 0 Å². The number of nitrogens with zero attached hydrogens (tertiary/aromatic N) is 2. The van der Waals surface area contributed by atoms with Gasteiger partial charge in [0.1, 0.15) is 0 Å². The Kier molecular flexibility index (Phi) is 4.55. The zero-order valence-electron chi connectivity index (χ0n) is 13.8. The molecule has 3 rings (SSSR count). The van der Waals surface area contributed by atoms with Crippen molar-refractivity contribution in [1.29, 1.82) is 0 Å². The zero-order chi connectivity index (χ0) is 16.4. The average molecular weight is 316 g/mol. The Balaban J connectivity index is 1.59. The van der Waals surface area contributed by atoms with Crippen LogP contribution in [-0.2, 0) is 20.7 Å². The first-order valence-corrected chi connectivity index (χ1v) is 8.30. The van der Waals surface area contributed by atoms with Crippen molar-refractivity contribution in [2.45, 2.75) is 32.2 Å². The molecule has 1 fully saturated rings. The number of methoxy groups -OCH3 is 1. The maximum absolute atomic E-state index is 12.6. The summed E-state index contributed by atoms with van der Waals surface area (Å²) in [5, 5.41) is 0. The first kappa shape index (κ1) is 15.8. The number of benzene rings is 1.